The summed E-state index contributed by atoms with van der Waals surface area (Å²) >= 11 is 0. The lowest BCUT2D eigenvalue weighted by Gasteiger charge is -2.20. The third-order valence-corrected chi connectivity index (χ3v) is 4.16. The van der Waals surface area contributed by atoms with Gasteiger partial charge in [0.15, 0.2) is 6.10 Å². The van der Waals surface area contributed by atoms with Gasteiger partial charge in [0.2, 0.25) is 0 Å². The largest absolute Gasteiger partial charge is 0.472 e. The summed E-state index contributed by atoms with van der Waals surface area (Å²) in [7, 11) is -4.55. The zero-order chi connectivity index (χ0) is 20.7. The summed E-state index contributed by atoms with van der Waals surface area (Å²) in [6, 6.07) is 0. The molecule has 0 aliphatic rings. The first-order valence-electron chi connectivity index (χ1n) is 8.79. The van der Waals surface area contributed by atoms with Crippen LogP contribution < -0.4 is 0 Å². The van der Waals surface area contributed by atoms with Gasteiger partial charge in [-0.1, -0.05) is 19.8 Å². The van der Waals surface area contributed by atoms with E-state index in [0.29, 0.717) is 6.42 Å². The highest BCUT2D eigenvalue weighted by Gasteiger charge is 2.26. The quantitative estimate of drug-likeness (QED) is 0.145. The SMILES string of the molecule is [CH2-]CCCCCC(=O)O[C@H](COC(=O)CC)COP(=O)(O)OC[C@@H](O)CO. The average Bonchev–Trinajstić information content (AvgIpc) is 2.65. The van der Waals surface area contributed by atoms with Crippen LogP contribution >= 0.6 is 7.82 Å². The lowest BCUT2D eigenvalue weighted by atomic mass is 10.1. The van der Waals surface area contributed by atoms with Crippen LogP contribution in [0.3, 0.4) is 0 Å². The first-order valence-corrected chi connectivity index (χ1v) is 10.3. The maximum absolute atomic E-state index is 11.9. The van der Waals surface area contributed by atoms with Gasteiger partial charge in [0.25, 0.3) is 0 Å². The first kappa shape index (κ1) is 26.0. The Bertz CT molecular complexity index is 470. The maximum Gasteiger partial charge on any atom is 0.472 e. The fourth-order valence-electron chi connectivity index (χ4n) is 1.72. The van der Waals surface area contributed by atoms with Crippen molar-refractivity contribution in [2.75, 3.05) is 26.4 Å². The van der Waals surface area contributed by atoms with Gasteiger partial charge in [-0.3, -0.25) is 18.6 Å². The number of hydrogen-bond donors (Lipinski definition) is 3. The summed E-state index contributed by atoms with van der Waals surface area (Å²) < 4.78 is 31.0. The molecule has 0 saturated carbocycles. The van der Waals surface area contributed by atoms with Gasteiger partial charge in [-0.15, -0.1) is 0 Å². The number of carbonyl (C=O) groups excluding carboxylic acids is 2. The first-order chi connectivity index (χ1) is 12.7. The number of unbranched alkanes of at least 4 members (excludes halogenated alkanes) is 3. The zero-order valence-corrected chi connectivity index (χ0v) is 16.5. The summed E-state index contributed by atoms with van der Waals surface area (Å²) in [6.07, 6.45) is 0.920. The molecule has 0 saturated heterocycles. The molecule has 0 heterocycles. The molecule has 0 aliphatic heterocycles. The van der Waals surface area contributed by atoms with Crippen LogP contribution in [0.15, 0.2) is 0 Å². The fourth-order valence-corrected chi connectivity index (χ4v) is 2.51. The number of phosphoric ester groups is 1. The number of esters is 2. The van der Waals surface area contributed by atoms with E-state index >= 15 is 0 Å². The second-order valence-electron chi connectivity index (χ2n) is 5.71. The number of carbonyl (C=O) groups is 2. The number of phosphoric acid groups is 1. The second kappa shape index (κ2) is 15.0. The molecule has 0 spiro atoms. The molecule has 0 fully saturated rings. The number of ether oxygens (including phenoxy) is 2. The van der Waals surface area contributed by atoms with Crippen LogP contribution in [0.2, 0.25) is 0 Å². The molecule has 0 amide bonds. The van der Waals surface area contributed by atoms with E-state index in [2.05, 4.69) is 11.4 Å². The Balaban J connectivity index is 4.54. The van der Waals surface area contributed by atoms with Gasteiger partial charge in [0.05, 0.1) is 19.8 Å². The van der Waals surface area contributed by atoms with Crippen LogP contribution in [0, 0.1) is 6.92 Å². The Hall–Kier alpha value is -1.03. The van der Waals surface area contributed by atoms with Crippen molar-refractivity contribution in [1.82, 2.24) is 0 Å². The molecule has 160 valence electrons. The van der Waals surface area contributed by atoms with Crippen LogP contribution in [0.5, 0.6) is 0 Å². The van der Waals surface area contributed by atoms with E-state index in [1.165, 1.54) is 0 Å². The van der Waals surface area contributed by atoms with Crippen LogP contribution in [-0.2, 0) is 32.7 Å². The van der Waals surface area contributed by atoms with Crippen LogP contribution in [0.1, 0.15) is 45.4 Å². The van der Waals surface area contributed by atoms with Crippen molar-refractivity contribution in [3.8, 4) is 0 Å². The molecule has 10 nitrogen and oxygen atoms in total. The number of aliphatic hydroxyl groups excluding tert-OH is 2. The van der Waals surface area contributed by atoms with E-state index in [1.54, 1.807) is 6.92 Å². The Kier molecular flexibility index (Phi) is 14.4. The number of rotatable bonds is 16. The molecule has 1 unspecified atom stereocenters. The van der Waals surface area contributed by atoms with Crippen molar-refractivity contribution in [2.45, 2.75) is 57.7 Å². The van der Waals surface area contributed by atoms with Crippen LogP contribution in [-0.4, -0.2) is 65.7 Å². The monoisotopic (exact) mass is 413 g/mol. The molecule has 0 rings (SSSR count). The van der Waals surface area contributed by atoms with Gasteiger partial charge in [0.1, 0.15) is 12.7 Å². The summed E-state index contributed by atoms with van der Waals surface area (Å²) in [5, 5.41) is 17.8. The van der Waals surface area contributed by atoms with Gasteiger partial charge in [-0.05, 0) is 6.42 Å². The molecule has 3 atom stereocenters. The Labute approximate surface area is 159 Å². The number of aliphatic hydroxyl groups is 2. The van der Waals surface area contributed by atoms with Crippen molar-refractivity contribution < 1.29 is 47.8 Å². The van der Waals surface area contributed by atoms with Gasteiger partial charge in [-0.2, -0.15) is 6.42 Å². The Morgan fingerprint density at radius 3 is 2.33 bits per heavy atom. The molecule has 3 N–H and O–H groups in total. The normalized spacial score (nSPS) is 15.6. The van der Waals surface area contributed by atoms with Gasteiger partial charge in [0, 0.05) is 12.8 Å². The highest BCUT2D eigenvalue weighted by Crippen LogP contribution is 2.43. The van der Waals surface area contributed by atoms with Crippen LogP contribution in [0.4, 0.5) is 0 Å². The molecule has 0 aromatic carbocycles. The smallest absolute Gasteiger partial charge is 0.462 e. The molecule has 0 aromatic rings. The second-order valence-corrected chi connectivity index (χ2v) is 7.16. The summed E-state index contributed by atoms with van der Waals surface area (Å²) in [5.41, 5.74) is 0. The molecular formula is C16H30O10P-. The summed E-state index contributed by atoms with van der Waals surface area (Å²) in [4.78, 5) is 32.6. The fraction of sp³-hybridized carbons (Fsp3) is 0.812. The predicted octanol–water partition coefficient (Wildman–Crippen LogP) is 1.12. The molecule has 0 aliphatic carbocycles. The zero-order valence-electron chi connectivity index (χ0n) is 15.6. The Morgan fingerprint density at radius 2 is 1.74 bits per heavy atom. The van der Waals surface area contributed by atoms with E-state index in [9.17, 15) is 19.0 Å². The summed E-state index contributed by atoms with van der Waals surface area (Å²) in [6.45, 7) is 3.14. The minimum absolute atomic E-state index is 0.118. The van der Waals surface area contributed by atoms with Crippen molar-refractivity contribution >= 4 is 19.8 Å². The molecule has 11 heteroatoms. The topological polar surface area (TPSA) is 149 Å². The minimum atomic E-state index is -4.55. The van der Waals surface area contributed by atoms with Crippen molar-refractivity contribution in [2.24, 2.45) is 0 Å². The standard InChI is InChI=1S/C16H30O10P/c1-3-5-6-7-8-16(20)26-14(11-23-15(19)4-2)12-25-27(21,22)24-10-13(18)9-17/h13-14,17-18H,1,3-12H2,2H3,(H,21,22)/q-1/t13-,14+/m0/s1. The molecule has 27 heavy (non-hydrogen) atoms. The third kappa shape index (κ3) is 14.7. The van der Waals surface area contributed by atoms with E-state index in [-0.39, 0.29) is 19.4 Å². The maximum atomic E-state index is 11.9. The highest BCUT2D eigenvalue weighted by molar-refractivity contribution is 7.47. The molecule has 0 radical (unpaired) electrons. The molecule has 0 aromatic heterocycles. The third-order valence-electron chi connectivity index (χ3n) is 3.21. The van der Waals surface area contributed by atoms with Gasteiger partial charge < -0.3 is 31.5 Å². The van der Waals surface area contributed by atoms with Crippen molar-refractivity contribution in [3.05, 3.63) is 6.92 Å². The van der Waals surface area contributed by atoms with E-state index in [4.69, 9.17) is 24.2 Å². The van der Waals surface area contributed by atoms with E-state index in [1.807, 2.05) is 0 Å². The van der Waals surface area contributed by atoms with Crippen LogP contribution in [0.25, 0.3) is 0 Å². The lowest BCUT2D eigenvalue weighted by molar-refractivity contribution is -0.161. The Morgan fingerprint density at radius 1 is 1.07 bits per heavy atom. The lowest BCUT2D eigenvalue weighted by Crippen LogP contribution is -2.29. The van der Waals surface area contributed by atoms with Gasteiger partial charge >= 0.3 is 19.8 Å². The summed E-state index contributed by atoms with van der Waals surface area (Å²) in [5.74, 6) is -1.08. The highest BCUT2D eigenvalue weighted by atomic mass is 31.2. The predicted molar refractivity (Wildman–Crippen MR) is 94.4 cm³/mol. The molecular weight excluding hydrogens is 383 g/mol. The van der Waals surface area contributed by atoms with E-state index in [0.717, 1.165) is 19.3 Å². The number of hydrogen-bond acceptors (Lipinski definition) is 9. The van der Waals surface area contributed by atoms with Crippen molar-refractivity contribution in [3.63, 3.8) is 0 Å². The molecule has 0 bridgehead atoms. The van der Waals surface area contributed by atoms with E-state index < -0.39 is 51.8 Å². The average molecular weight is 413 g/mol. The van der Waals surface area contributed by atoms with Crippen molar-refractivity contribution in [1.29, 1.82) is 0 Å². The minimum Gasteiger partial charge on any atom is -0.462 e. The van der Waals surface area contributed by atoms with Gasteiger partial charge in [-0.25, -0.2) is 4.57 Å².